The summed E-state index contributed by atoms with van der Waals surface area (Å²) in [5.41, 5.74) is 0. The van der Waals surface area contributed by atoms with Crippen LogP contribution in [0.15, 0.2) is 18.3 Å². The Bertz CT molecular complexity index is 262. The first-order valence-electron chi connectivity index (χ1n) is 5.21. The van der Waals surface area contributed by atoms with Gasteiger partial charge in [-0.15, -0.1) is 0 Å². The van der Waals surface area contributed by atoms with Gasteiger partial charge in [0.2, 0.25) is 0 Å². The number of anilines is 1. The molecule has 4 heteroatoms. The first kappa shape index (κ1) is 11.8. The van der Waals surface area contributed by atoms with E-state index >= 15 is 0 Å². The van der Waals surface area contributed by atoms with Gasteiger partial charge in [-0.1, -0.05) is 0 Å². The number of nitrogens with zero attached hydrogens (tertiary/aromatic N) is 1. The molecule has 0 unspecified atom stereocenters. The van der Waals surface area contributed by atoms with Crippen LogP contribution in [0.1, 0.15) is 19.3 Å². The largest absolute Gasteiger partial charge is 0.495 e. The van der Waals surface area contributed by atoms with Crippen LogP contribution in [0.3, 0.4) is 0 Å². The fraction of sp³-hybridized carbons (Fsp3) is 0.545. The summed E-state index contributed by atoms with van der Waals surface area (Å²) in [6, 6.07) is 3.77. The van der Waals surface area contributed by atoms with E-state index < -0.39 is 0 Å². The number of aromatic nitrogens is 1. The zero-order valence-electron chi connectivity index (χ0n) is 9.07. The van der Waals surface area contributed by atoms with Gasteiger partial charge in [-0.25, -0.2) is 4.98 Å². The first-order chi connectivity index (χ1) is 7.36. The maximum Gasteiger partial charge on any atom is 0.137 e. The Morgan fingerprint density at radius 3 is 2.80 bits per heavy atom. The Balaban J connectivity index is 2.20. The van der Waals surface area contributed by atoms with Gasteiger partial charge >= 0.3 is 0 Å². The summed E-state index contributed by atoms with van der Waals surface area (Å²) in [6.07, 6.45) is 4.65. The zero-order chi connectivity index (χ0) is 10.9. The van der Waals surface area contributed by atoms with Crippen LogP contribution in [0, 0.1) is 0 Å². The van der Waals surface area contributed by atoms with E-state index in [0.29, 0.717) is 0 Å². The van der Waals surface area contributed by atoms with Crippen molar-refractivity contribution in [2.75, 3.05) is 25.6 Å². The highest BCUT2D eigenvalue weighted by Crippen LogP contribution is 2.11. The number of nitrogens with one attached hydrogen (secondary N) is 1. The predicted molar refractivity (Wildman–Crippen MR) is 60.2 cm³/mol. The number of pyridine rings is 1. The van der Waals surface area contributed by atoms with Crippen molar-refractivity contribution < 1.29 is 9.84 Å². The molecule has 0 aliphatic rings. The number of aliphatic hydroxyl groups excluding tert-OH is 1. The average molecular weight is 210 g/mol. The minimum Gasteiger partial charge on any atom is -0.495 e. The minimum absolute atomic E-state index is 0.279. The first-order valence-corrected chi connectivity index (χ1v) is 5.21. The second kappa shape index (κ2) is 7.06. The maximum atomic E-state index is 8.59. The number of hydrogen-bond donors (Lipinski definition) is 2. The van der Waals surface area contributed by atoms with Crippen LogP contribution in [0.4, 0.5) is 5.82 Å². The molecule has 1 heterocycles. The lowest BCUT2D eigenvalue weighted by atomic mass is 10.2. The Hall–Kier alpha value is -1.29. The molecule has 1 aromatic rings. The van der Waals surface area contributed by atoms with Gasteiger partial charge in [0.25, 0.3) is 0 Å². The van der Waals surface area contributed by atoms with E-state index in [-0.39, 0.29) is 6.61 Å². The summed E-state index contributed by atoms with van der Waals surface area (Å²) in [7, 11) is 1.62. The van der Waals surface area contributed by atoms with Gasteiger partial charge in [0.15, 0.2) is 0 Å². The molecular weight excluding hydrogens is 192 g/mol. The second-order valence-corrected chi connectivity index (χ2v) is 3.29. The van der Waals surface area contributed by atoms with E-state index in [4.69, 9.17) is 9.84 Å². The number of aliphatic hydroxyl groups is 1. The van der Waals surface area contributed by atoms with Crippen molar-refractivity contribution in [2.24, 2.45) is 0 Å². The molecule has 2 N–H and O–H groups in total. The molecule has 4 nitrogen and oxygen atoms in total. The van der Waals surface area contributed by atoms with Crippen LogP contribution in [0.5, 0.6) is 5.75 Å². The molecule has 0 spiro atoms. The van der Waals surface area contributed by atoms with Gasteiger partial charge in [-0.3, -0.25) is 0 Å². The lowest BCUT2D eigenvalue weighted by Crippen LogP contribution is -2.03. The summed E-state index contributed by atoms with van der Waals surface area (Å²) in [4.78, 5) is 4.18. The van der Waals surface area contributed by atoms with Gasteiger partial charge in [0.1, 0.15) is 11.6 Å². The van der Waals surface area contributed by atoms with Crippen LogP contribution < -0.4 is 10.1 Å². The van der Waals surface area contributed by atoms with E-state index in [1.165, 1.54) is 0 Å². The molecule has 0 radical (unpaired) electrons. The molecule has 0 aromatic carbocycles. The summed E-state index contributed by atoms with van der Waals surface area (Å²) in [5.74, 6) is 1.63. The zero-order valence-corrected chi connectivity index (χ0v) is 9.07. The Labute approximate surface area is 90.3 Å². The molecule has 84 valence electrons. The normalized spacial score (nSPS) is 10.0. The van der Waals surface area contributed by atoms with Crippen molar-refractivity contribution in [1.82, 2.24) is 4.98 Å². The third-order valence-electron chi connectivity index (χ3n) is 2.11. The van der Waals surface area contributed by atoms with Crippen molar-refractivity contribution in [3.8, 4) is 5.75 Å². The van der Waals surface area contributed by atoms with Crippen molar-refractivity contribution in [2.45, 2.75) is 19.3 Å². The number of methoxy groups -OCH3 is 1. The maximum absolute atomic E-state index is 8.59. The van der Waals surface area contributed by atoms with Crippen molar-refractivity contribution in [1.29, 1.82) is 0 Å². The number of rotatable bonds is 7. The standard InChI is InChI=1S/C11H18N2O2/c1-15-10-5-6-11(13-9-10)12-7-3-2-4-8-14/h5-6,9,14H,2-4,7-8H2,1H3,(H,12,13). The van der Waals surface area contributed by atoms with Gasteiger partial charge in [-0.05, 0) is 31.4 Å². The Morgan fingerprint density at radius 2 is 2.20 bits per heavy atom. The van der Waals surface area contributed by atoms with E-state index in [9.17, 15) is 0 Å². The summed E-state index contributed by atoms with van der Waals surface area (Å²) >= 11 is 0. The molecule has 0 atom stereocenters. The molecule has 15 heavy (non-hydrogen) atoms. The van der Waals surface area contributed by atoms with Gasteiger partial charge < -0.3 is 15.2 Å². The monoisotopic (exact) mass is 210 g/mol. The quantitative estimate of drug-likeness (QED) is 0.672. The topological polar surface area (TPSA) is 54.4 Å². The summed E-state index contributed by atoms with van der Waals surface area (Å²) < 4.78 is 5.01. The number of hydrogen-bond acceptors (Lipinski definition) is 4. The molecule has 0 amide bonds. The smallest absolute Gasteiger partial charge is 0.137 e. The highest BCUT2D eigenvalue weighted by Gasteiger charge is 1.94. The van der Waals surface area contributed by atoms with E-state index in [2.05, 4.69) is 10.3 Å². The highest BCUT2D eigenvalue weighted by molar-refractivity contribution is 5.37. The van der Waals surface area contributed by atoms with Crippen LogP contribution >= 0.6 is 0 Å². The third-order valence-corrected chi connectivity index (χ3v) is 2.11. The van der Waals surface area contributed by atoms with E-state index in [1.54, 1.807) is 13.3 Å². The van der Waals surface area contributed by atoms with Crippen molar-refractivity contribution in [3.63, 3.8) is 0 Å². The fourth-order valence-electron chi connectivity index (χ4n) is 1.24. The molecule has 0 aliphatic carbocycles. The molecule has 0 aliphatic heterocycles. The van der Waals surface area contributed by atoms with Gasteiger partial charge in [0, 0.05) is 13.2 Å². The van der Waals surface area contributed by atoms with Crippen LogP contribution in [0.25, 0.3) is 0 Å². The molecule has 1 aromatic heterocycles. The number of ether oxygens (including phenoxy) is 1. The second-order valence-electron chi connectivity index (χ2n) is 3.29. The minimum atomic E-state index is 0.279. The Morgan fingerprint density at radius 1 is 1.33 bits per heavy atom. The molecule has 0 saturated carbocycles. The van der Waals surface area contributed by atoms with Crippen LogP contribution in [-0.4, -0.2) is 30.4 Å². The lowest BCUT2D eigenvalue weighted by Gasteiger charge is -2.05. The molecular formula is C11H18N2O2. The van der Waals surface area contributed by atoms with Crippen LogP contribution in [-0.2, 0) is 0 Å². The summed E-state index contributed by atoms with van der Waals surface area (Å²) in [6.45, 7) is 1.17. The predicted octanol–water partition coefficient (Wildman–Crippen LogP) is 1.66. The van der Waals surface area contributed by atoms with Gasteiger partial charge in [0.05, 0.1) is 13.3 Å². The van der Waals surface area contributed by atoms with Gasteiger partial charge in [-0.2, -0.15) is 0 Å². The number of unbranched alkanes of at least 4 members (excludes halogenated alkanes) is 2. The third kappa shape index (κ3) is 4.65. The van der Waals surface area contributed by atoms with Crippen molar-refractivity contribution in [3.05, 3.63) is 18.3 Å². The molecule has 0 fully saturated rings. The molecule has 0 saturated heterocycles. The summed E-state index contributed by atoms with van der Waals surface area (Å²) in [5, 5.41) is 11.8. The molecule has 1 rings (SSSR count). The van der Waals surface area contributed by atoms with Crippen molar-refractivity contribution >= 4 is 5.82 Å². The van der Waals surface area contributed by atoms with E-state index in [0.717, 1.165) is 37.4 Å². The SMILES string of the molecule is COc1ccc(NCCCCCO)nc1. The molecule has 0 bridgehead atoms. The lowest BCUT2D eigenvalue weighted by molar-refractivity contribution is 0.283. The van der Waals surface area contributed by atoms with E-state index in [1.807, 2.05) is 12.1 Å². The average Bonchev–Trinajstić information content (AvgIpc) is 2.30. The highest BCUT2D eigenvalue weighted by atomic mass is 16.5. The fourth-order valence-corrected chi connectivity index (χ4v) is 1.24. The van der Waals surface area contributed by atoms with Crippen LogP contribution in [0.2, 0.25) is 0 Å². The Kier molecular flexibility index (Phi) is 5.55.